The van der Waals surface area contributed by atoms with Gasteiger partial charge in [-0.25, -0.2) is 4.79 Å². The minimum atomic E-state index is -0.470. The molecule has 0 bridgehead atoms. The molecule has 1 aliphatic carbocycles. The highest BCUT2D eigenvalue weighted by molar-refractivity contribution is 5.68. The number of carbonyl (C=O) groups excluding carboxylic acids is 1. The van der Waals surface area contributed by atoms with Crippen molar-refractivity contribution in [3.63, 3.8) is 0 Å². The van der Waals surface area contributed by atoms with E-state index in [0.29, 0.717) is 13.1 Å². The summed E-state index contributed by atoms with van der Waals surface area (Å²) in [6.07, 6.45) is 4.13. The van der Waals surface area contributed by atoms with Crippen LogP contribution < -0.4 is 0 Å². The summed E-state index contributed by atoms with van der Waals surface area (Å²) in [5.41, 5.74) is 2.88. The second-order valence-electron chi connectivity index (χ2n) is 8.55. The summed E-state index contributed by atoms with van der Waals surface area (Å²) in [7, 11) is 0. The molecule has 1 fully saturated rings. The van der Waals surface area contributed by atoms with Crippen molar-refractivity contribution in [3.05, 3.63) is 17.0 Å². The summed E-state index contributed by atoms with van der Waals surface area (Å²) in [6.45, 7) is 7.71. The first-order valence-electron chi connectivity index (χ1n) is 9.04. The maximum Gasteiger partial charge on any atom is 0.410 e. The van der Waals surface area contributed by atoms with Gasteiger partial charge in [-0.3, -0.25) is 4.68 Å². The molecule has 1 unspecified atom stereocenters. The van der Waals surface area contributed by atoms with Gasteiger partial charge < -0.3 is 14.7 Å². The van der Waals surface area contributed by atoms with Gasteiger partial charge in [0.1, 0.15) is 11.7 Å². The lowest BCUT2D eigenvalue weighted by Gasteiger charge is -2.41. The van der Waals surface area contributed by atoms with Crippen molar-refractivity contribution < 1.29 is 14.6 Å². The number of ether oxygens (including phenoxy) is 1. The molecule has 6 nitrogen and oxygen atoms in total. The summed E-state index contributed by atoms with van der Waals surface area (Å²) in [4.78, 5) is 14.0. The van der Waals surface area contributed by atoms with E-state index in [1.54, 1.807) is 4.90 Å². The number of hydrogen-bond donors (Lipinski definition) is 1. The Balaban J connectivity index is 1.46. The average molecular weight is 333 g/mol. The predicted molar refractivity (Wildman–Crippen MR) is 88.7 cm³/mol. The molecule has 1 saturated heterocycles. The quantitative estimate of drug-likeness (QED) is 0.792. The Bertz CT molecular complexity index is 666. The number of carbonyl (C=O) groups is 1. The van der Waals surface area contributed by atoms with Crippen LogP contribution in [-0.4, -0.2) is 44.6 Å². The fraction of sp³-hybridized carbons (Fsp3) is 0.778. The van der Waals surface area contributed by atoms with Crippen LogP contribution in [0.15, 0.2) is 0 Å². The topological polar surface area (TPSA) is 67.6 Å². The molecule has 3 heterocycles. The Hall–Kier alpha value is -1.56. The zero-order chi connectivity index (χ0) is 17.1. The predicted octanol–water partition coefficient (Wildman–Crippen LogP) is 2.44. The lowest BCUT2D eigenvalue weighted by atomic mass is 9.74. The second kappa shape index (κ2) is 5.22. The minimum Gasteiger partial charge on any atom is -0.444 e. The highest BCUT2D eigenvalue weighted by atomic mass is 16.6. The molecule has 1 aromatic rings. The van der Waals surface area contributed by atoms with E-state index in [9.17, 15) is 9.90 Å². The van der Waals surface area contributed by atoms with Gasteiger partial charge in [0, 0.05) is 25.0 Å². The first kappa shape index (κ1) is 15.9. The SMILES string of the molecule is CC(C)(C)OC(=O)N1CCC2(CC1)Cn1nc3c(c1C2O)CCC3. The average Bonchev–Trinajstić information content (AvgIpc) is 3.11. The molecule has 4 rings (SSSR count). The number of aromatic nitrogens is 2. The number of piperidine rings is 1. The van der Waals surface area contributed by atoms with Crippen molar-refractivity contribution in [2.75, 3.05) is 13.1 Å². The zero-order valence-electron chi connectivity index (χ0n) is 14.8. The van der Waals surface area contributed by atoms with Gasteiger partial charge in [0.25, 0.3) is 0 Å². The Labute approximate surface area is 142 Å². The van der Waals surface area contributed by atoms with Crippen LogP contribution >= 0.6 is 0 Å². The lowest BCUT2D eigenvalue weighted by molar-refractivity contribution is -0.0281. The summed E-state index contributed by atoms with van der Waals surface area (Å²) in [5, 5.41) is 15.8. The van der Waals surface area contributed by atoms with E-state index in [0.717, 1.165) is 44.3 Å². The van der Waals surface area contributed by atoms with Crippen molar-refractivity contribution in [1.29, 1.82) is 0 Å². The van der Waals surface area contributed by atoms with Crippen LogP contribution in [0, 0.1) is 5.41 Å². The van der Waals surface area contributed by atoms with Crippen molar-refractivity contribution in [2.45, 2.75) is 71.1 Å². The standard InChI is InChI=1S/C18H27N3O3/c1-17(2,3)24-16(23)20-9-7-18(8-10-20)11-21-14(15(18)22)12-5-4-6-13(12)19-21/h15,22H,4-11H2,1-3H3. The van der Waals surface area contributed by atoms with E-state index in [-0.39, 0.29) is 11.5 Å². The van der Waals surface area contributed by atoms with E-state index < -0.39 is 11.7 Å². The first-order valence-corrected chi connectivity index (χ1v) is 9.04. The van der Waals surface area contributed by atoms with Crippen molar-refractivity contribution in [2.24, 2.45) is 5.41 Å². The summed E-state index contributed by atoms with van der Waals surface area (Å²) in [6, 6.07) is 0. The van der Waals surface area contributed by atoms with Crippen molar-refractivity contribution >= 4 is 6.09 Å². The van der Waals surface area contributed by atoms with Gasteiger partial charge in [-0.1, -0.05) is 0 Å². The third kappa shape index (κ3) is 2.42. The molecule has 24 heavy (non-hydrogen) atoms. The molecule has 1 N–H and O–H groups in total. The van der Waals surface area contributed by atoms with Gasteiger partial charge in [-0.2, -0.15) is 5.10 Å². The molecule has 6 heteroatoms. The van der Waals surface area contributed by atoms with Crippen LogP contribution in [-0.2, 0) is 24.1 Å². The summed E-state index contributed by atoms with van der Waals surface area (Å²) < 4.78 is 7.51. The molecule has 132 valence electrons. The maximum absolute atomic E-state index is 12.2. The number of aliphatic hydroxyl groups excluding tert-OH is 1. The van der Waals surface area contributed by atoms with Crippen molar-refractivity contribution in [3.8, 4) is 0 Å². The van der Waals surface area contributed by atoms with E-state index in [1.165, 1.54) is 11.3 Å². The second-order valence-corrected chi connectivity index (χ2v) is 8.55. The molecule has 1 spiro atoms. The van der Waals surface area contributed by atoms with Gasteiger partial charge >= 0.3 is 6.09 Å². The molecule has 1 atom stereocenters. The van der Waals surface area contributed by atoms with Crippen molar-refractivity contribution in [1.82, 2.24) is 14.7 Å². The molecular formula is C18H27N3O3. The Morgan fingerprint density at radius 1 is 1.29 bits per heavy atom. The zero-order valence-corrected chi connectivity index (χ0v) is 14.8. The molecule has 0 saturated carbocycles. The van der Waals surface area contributed by atoms with Crippen LogP contribution in [0.3, 0.4) is 0 Å². The highest BCUT2D eigenvalue weighted by Gasteiger charge is 2.50. The molecule has 0 aromatic carbocycles. The highest BCUT2D eigenvalue weighted by Crippen LogP contribution is 2.51. The summed E-state index contributed by atoms with van der Waals surface area (Å²) >= 11 is 0. The molecule has 0 radical (unpaired) electrons. The molecule has 1 aromatic heterocycles. The van der Waals surface area contributed by atoms with Gasteiger partial charge in [-0.15, -0.1) is 0 Å². The number of rotatable bonds is 0. The maximum atomic E-state index is 12.2. The number of aryl methyl sites for hydroxylation is 1. The van der Waals surface area contributed by atoms with Crippen LogP contribution in [0.2, 0.25) is 0 Å². The van der Waals surface area contributed by atoms with Gasteiger partial charge in [0.05, 0.1) is 11.4 Å². The third-order valence-electron chi connectivity index (χ3n) is 5.73. The Morgan fingerprint density at radius 3 is 2.67 bits per heavy atom. The van der Waals surface area contributed by atoms with Crippen LogP contribution in [0.5, 0.6) is 0 Å². The van der Waals surface area contributed by atoms with Gasteiger partial charge in [-0.05, 0) is 58.4 Å². The number of nitrogens with zero attached hydrogens (tertiary/aromatic N) is 3. The Morgan fingerprint density at radius 2 is 2.00 bits per heavy atom. The third-order valence-corrected chi connectivity index (χ3v) is 5.73. The molecule has 2 aliphatic heterocycles. The number of amides is 1. The minimum absolute atomic E-state index is 0.168. The normalized spacial score (nSPS) is 25.0. The summed E-state index contributed by atoms with van der Waals surface area (Å²) in [5.74, 6) is 0. The van der Waals surface area contributed by atoms with E-state index in [4.69, 9.17) is 9.84 Å². The van der Waals surface area contributed by atoms with Crippen LogP contribution in [0.1, 0.15) is 63.1 Å². The van der Waals surface area contributed by atoms with E-state index in [2.05, 4.69) is 0 Å². The fourth-order valence-electron chi connectivity index (χ4n) is 4.46. The van der Waals surface area contributed by atoms with Crippen LogP contribution in [0.4, 0.5) is 4.79 Å². The Kier molecular flexibility index (Phi) is 3.46. The lowest BCUT2D eigenvalue weighted by Crippen LogP contribution is -2.46. The number of hydrogen-bond acceptors (Lipinski definition) is 4. The molecule has 3 aliphatic rings. The largest absolute Gasteiger partial charge is 0.444 e. The number of aliphatic hydroxyl groups is 1. The smallest absolute Gasteiger partial charge is 0.410 e. The molecule has 1 amide bonds. The van der Waals surface area contributed by atoms with E-state index in [1.807, 2.05) is 25.5 Å². The van der Waals surface area contributed by atoms with Gasteiger partial charge in [0.15, 0.2) is 0 Å². The number of likely N-dealkylation sites (tertiary alicyclic amines) is 1. The van der Waals surface area contributed by atoms with Gasteiger partial charge in [0.2, 0.25) is 0 Å². The number of fused-ring (bicyclic) bond motifs is 3. The first-order chi connectivity index (χ1) is 11.3. The fourth-order valence-corrected chi connectivity index (χ4v) is 4.46. The monoisotopic (exact) mass is 333 g/mol. The molecular weight excluding hydrogens is 306 g/mol. The van der Waals surface area contributed by atoms with Crippen LogP contribution in [0.25, 0.3) is 0 Å². The van der Waals surface area contributed by atoms with E-state index >= 15 is 0 Å².